The van der Waals surface area contributed by atoms with E-state index in [0.29, 0.717) is 19.1 Å². The first-order valence-corrected chi connectivity index (χ1v) is 9.70. The molecule has 1 aromatic heterocycles. The van der Waals surface area contributed by atoms with Gasteiger partial charge in [0.2, 0.25) is 0 Å². The number of nitrogens with zero attached hydrogens (tertiary/aromatic N) is 1. The lowest BCUT2D eigenvalue weighted by atomic mass is 9.92. The highest BCUT2D eigenvalue weighted by atomic mass is 16.6. The third kappa shape index (κ3) is 3.57. The monoisotopic (exact) mass is 362 g/mol. The highest BCUT2D eigenvalue weighted by molar-refractivity contribution is 5.85. The number of H-pyrrole nitrogens is 1. The molecule has 27 heavy (non-hydrogen) atoms. The number of ether oxygens (including phenoxy) is 1. The summed E-state index contributed by atoms with van der Waals surface area (Å²) in [5, 5.41) is 1.28. The van der Waals surface area contributed by atoms with Crippen LogP contribution in [0.5, 0.6) is 0 Å². The van der Waals surface area contributed by atoms with E-state index in [1.54, 1.807) is 0 Å². The second kappa shape index (κ2) is 7.47. The molecule has 1 atom stereocenters. The first-order valence-electron chi connectivity index (χ1n) is 9.70. The zero-order chi connectivity index (χ0) is 18.8. The summed E-state index contributed by atoms with van der Waals surface area (Å²) in [6.07, 6.45) is 1.54. The van der Waals surface area contributed by atoms with E-state index in [1.165, 1.54) is 16.6 Å². The molecule has 1 aliphatic rings. The lowest BCUT2D eigenvalue weighted by molar-refractivity contribution is 0.0716. The van der Waals surface area contributed by atoms with E-state index in [-0.39, 0.29) is 12.1 Å². The van der Waals surface area contributed by atoms with Crippen molar-refractivity contribution in [3.8, 4) is 0 Å². The predicted octanol–water partition coefficient (Wildman–Crippen LogP) is 5.45. The van der Waals surface area contributed by atoms with E-state index in [0.717, 1.165) is 23.9 Å². The second-order valence-electron chi connectivity index (χ2n) is 7.69. The van der Waals surface area contributed by atoms with E-state index in [4.69, 9.17) is 4.74 Å². The normalized spacial score (nSPS) is 16.6. The molecule has 4 rings (SSSR count). The zero-order valence-electron chi connectivity index (χ0n) is 15.9. The lowest BCUT2D eigenvalue weighted by Crippen LogP contribution is -2.40. The van der Waals surface area contributed by atoms with Crippen LogP contribution in [0.15, 0.2) is 54.6 Å². The Morgan fingerprint density at radius 3 is 2.67 bits per heavy atom. The quantitative estimate of drug-likeness (QED) is 0.671. The molecule has 140 valence electrons. The summed E-state index contributed by atoms with van der Waals surface area (Å²) < 4.78 is 5.64. The Bertz CT molecular complexity index is 930. The SMILES string of the molecule is CC(C)CC1c2[nH]c3ccccc3c2CCN1C(=O)OCc1ccccc1. The van der Waals surface area contributed by atoms with Gasteiger partial charge in [0.1, 0.15) is 6.61 Å². The number of fused-ring (bicyclic) bond motifs is 3. The second-order valence-corrected chi connectivity index (χ2v) is 7.69. The minimum atomic E-state index is -0.228. The Labute approximate surface area is 160 Å². The van der Waals surface area contributed by atoms with Crippen molar-refractivity contribution in [1.29, 1.82) is 0 Å². The Balaban J connectivity index is 1.59. The number of hydrogen-bond acceptors (Lipinski definition) is 2. The van der Waals surface area contributed by atoms with Gasteiger partial charge in [-0.25, -0.2) is 4.79 Å². The predicted molar refractivity (Wildman–Crippen MR) is 108 cm³/mol. The molecule has 0 fully saturated rings. The molecular formula is C23H26N2O2. The number of hydrogen-bond donors (Lipinski definition) is 1. The zero-order valence-corrected chi connectivity index (χ0v) is 15.9. The average Bonchev–Trinajstić information content (AvgIpc) is 3.06. The van der Waals surface area contributed by atoms with Crippen LogP contribution in [0.2, 0.25) is 0 Å². The summed E-state index contributed by atoms with van der Waals surface area (Å²) >= 11 is 0. The number of rotatable bonds is 4. The van der Waals surface area contributed by atoms with E-state index in [2.05, 4.69) is 37.0 Å². The molecule has 4 heteroatoms. The van der Waals surface area contributed by atoms with Gasteiger partial charge in [0.15, 0.2) is 0 Å². The molecule has 1 aliphatic heterocycles. The maximum absolute atomic E-state index is 12.9. The van der Waals surface area contributed by atoms with Crippen molar-refractivity contribution >= 4 is 17.0 Å². The number of amides is 1. The minimum Gasteiger partial charge on any atom is -0.445 e. The molecule has 0 bridgehead atoms. The van der Waals surface area contributed by atoms with Crippen LogP contribution in [0.1, 0.15) is 43.1 Å². The van der Waals surface area contributed by atoms with Gasteiger partial charge in [0, 0.05) is 23.1 Å². The fraction of sp³-hybridized carbons (Fsp3) is 0.348. The molecule has 0 spiro atoms. The third-order valence-electron chi connectivity index (χ3n) is 5.29. The number of aromatic amines is 1. The van der Waals surface area contributed by atoms with Gasteiger partial charge in [-0.1, -0.05) is 62.4 Å². The molecule has 0 aliphatic carbocycles. The Hall–Kier alpha value is -2.75. The van der Waals surface area contributed by atoms with Crippen molar-refractivity contribution < 1.29 is 9.53 Å². The van der Waals surface area contributed by atoms with Gasteiger partial charge in [0.25, 0.3) is 0 Å². The summed E-state index contributed by atoms with van der Waals surface area (Å²) in [7, 11) is 0. The summed E-state index contributed by atoms with van der Waals surface area (Å²) in [6, 6.07) is 18.3. The van der Waals surface area contributed by atoms with Crippen LogP contribution in [0.3, 0.4) is 0 Å². The van der Waals surface area contributed by atoms with Crippen LogP contribution in [-0.2, 0) is 17.8 Å². The van der Waals surface area contributed by atoms with E-state index in [1.807, 2.05) is 41.3 Å². The number of aromatic nitrogens is 1. The van der Waals surface area contributed by atoms with E-state index in [9.17, 15) is 4.79 Å². The van der Waals surface area contributed by atoms with Crippen LogP contribution >= 0.6 is 0 Å². The Morgan fingerprint density at radius 2 is 1.89 bits per heavy atom. The fourth-order valence-electron chi connectivity index (χ4n) is 4.03. The molecule has 1 amide bonds. The lowest BCUT2D eigenvalue weighted by Gasteiger charge is -2.36. The largest absolute Gasteiger partial charge is 0.445 e. The molecule has 2 heterocycles. The number of benzene rings is 2. The molecule has 0 saturated carbocycles. The summed E-state index contributed by atoms with van der Waals surface area (Å²) in [5.41, 5.74) is 4.68. The van der Waals surface area contributed by atoms with Gasteiger partial charge in [-0.15, -0.1) is 0 Å². The molecule has 2 aromatic carbocycles. The molecule has 1 unspecified atom stereocenters. The van der Waals surface area contributed by atoms with Gasteiger partial charge >= 0.3 is 6.09 Å². The van der Waals surface area contributed by atoms with Crippen LogP contribution in [0.4, 0.5) is 4.79 Å². The summed E-state index contributed by atoms with van der Waals surface area (Å²) in [6.45, 7) is 5.40. The first kappa shape index (κ1) is 17.7. The summed E-state index contributed by atoms with van der Waals surface area (Å²) in [5.74, 6) is 0.483. The number of para-hydroxylation sites is 1. The highest BCUT2D eigenvalue weighted by Gasteiger charge is 2.34. The maximum atomic E-state index is 12.9. The number of nitrogens with one attached hydrogen (secondary N) is 1. The maximum Gasteiger partial charge on any atom is 0.410 e. The van der Waals surface area contributed by atoms with Gasteiger partial charge in [0.05, 0.1) is 6.04 Å². The van der Waals surface area contributed by atoms with Crippen molar-refractivity contribution in [2.24, 2.45) is 5.92 Å². The molecule has 0 saturated heterocycles. The molecule has 3 aromatic rings. The van der Waals surface area contributed by atoms with Gasteiger partial charge in [-0.2, -0.15) is 0 Å². The van der Waals surface area contributed by atoms with Crippen molar-refractivity contribution in [2.45, 2.75) is 39.3 Å². The number of carbonyl (C=O) groups excluding carboxylic acids is 1. The molecule has 1 N–H and O–H groups in total. The average molecular weight is 362 g/mol. The van der Waals surface area contributed by atoms with Crippen LogP contribution in [0.25, 0.3) is 10.9 Å². The van der Waals surface area contributed by atoms with Crippen molar-refractivity contribution in [3.63, 3.8) is 0 Å². The standard InChI is InChI=1S/C23H26N2O2/c1-16(2)14-21-22-19(18-10-6-7-11-20(18)24-22)12-13-25(21)23(26)27-15-17-8-4-3-5-9-17/h3-11,16,21,24H,12-15H2,1-2H3. The van der Waals surface area contributed by atoms with Crippen LogP contribution < -0.4 is 0 Å². The Kier molecular flexibility index (Phi) is 4.88. The third-order valence-corrected chi connectivity index (χ3v) is 5.29. The van der Waals surface area contributed by atoms with Crippen LogP contribution in [0, 0.1) is 5.92 Å². The fourth-order valence-corrected chi connectivity index (χ4v) is 4.03. The number of carbonyl (C=O) groups is 1. The van der Waals surface area contributed by atoms with Gasteiger partial charge < -0.3 is 9.72 Å². The smallest absolute Gasteiger partial charge is 0.410 e. The highest BCUT2D eigenvalue weighted by Crippen LogP contribution is 2.38. The topological polar surface area (TPSA) is 45.3 Å². The molecule has 0 radical (unpaired) electrons. The van der Waals surface area contributed by atoms with Crippen molar-refractivity contribution in [3.05, 3.63) is 71.4 Å². The minimum absolute atomic E-state index is 0.0319. The van der Waals surface area contributed by atoms with Crippen molar-refractivity contribution in [1.82, 2.24) is 9.88 Å². The first-order chi connectivity index (χ1) is 13.1. The summed E-state index contributed by atoms with van der Waals surface area (Å²) in [4.78, 5) is 18.4. The van der Waals surface area contributed by atoms with Crippen molar-refractivity contribution in [2.75, 3.05) is 6.54 Å². The Morgan fingerprint density at radius 1 is 1.15 bits per heavy atom. The van der Waals surface area contributed by atoms with E-state index < -0.39 is 0 Å². The molecular weight excluding hydrogens is 336 g/mol. The van der Waals surface area contributed by atoms with Gasteiger partial charge in [-0.05, 0) is 36.0 Å². The van der Waals surface area contributed by atoms with E-state index >= 15 is 0 Å². The molecule has 4 nitrogen and oxygen atoms in total. The van der Waals surface area contributed by atoms with Gasteiger partial charge in [-0.3, -0.25) is 4.90 Å². The van der Waals surface area contributed by atoms with Crippen LogP contribution in [-0.4, -0.2) is 22.5 Å².